The highest BCUT2D eigenvalue weighted by atomic mass is 16.2. The maximum Gasteiger partial charge on any atom is 0.246 e. The summed E-state index contributed by atoms with van der Waals surface area (Å²) in [5, 5.41) is 2.88. The number of amides is 2. The van der Waals surface area contributed by atoms with Gasteiger partial charge in [0.25, 0.3) is 0 Å². The lowest BCUT2D eigenvalue weighted by molar-refractivity contribution is -0.144. The van der Waals surface area contributed by atoms with Crippen molar-refractivity contribution in [3.05, 3.63) is 96.1 Å². The van der Waals surface area contributed by atoms with Gasteiger partial charge in [0.15, 0.2) is 0 Å². The number of hydrogen-bond donors (Lipinski definition) is 1. The number of carbonyl (C=O) groups is 2. The van der Waals surface area contributed by atoms with Crippen LogP contribution in [0.4, 0.5) is 0 Å². The smallest absolute Gasteiger partial charge is 0.246 e. The van der Waals surface area contributed by atoms with Crippen molar-refractivity contribution in [2.75, 3.05) is 6.54 Å². The molecule has 1 aliphatic rings. The first kappa shape index (κ1) is 18.0. The standard InChI is InChI=1S/C24H22N2O2/c27-23-17-26(16-18-9-3-1-4-10-18)24(28)22(25-23)15-20-13-7-8-14-21(20)19-11-5-2-6-12-19/h1-14,22H,15-17H2,(H,25,27). The van der Waals surface area contributed by atoms with Crippen LogP contribution in [0.3, 0.4) is 0 Å². The lowest BCUT2D eigenvalue weighted by Gasteiger charge is -2.33. The first-order chi connectivity index (χ1) is 13.7. The zero-order chi connectivity index (χ0) is 19.3. The van der Waals surface area contributed by atoms with Gasteiger partial charge in [0, 0.05) is 13.0 Å². The van der Waals surface area contributed by atoms with Crippen molar-refractivity contribution < 1.29 is 9.59 Å². The van der Waals surface area contributed by atoms with Gasteiger partial charge >= 0.3 is 0 Å². The summed E-state index contributed by atoms with van der Waals surface area (Å²) in [5.41, 5.74) is 4.27. The predicted molar refractivity (Wildman–Crippen MR) is 109 cm³/mol. The fraction of sp³-hybridized carbons (Fsp3) is 0.167. The van der Waals surface area contributed by atoms with Gasteiger partial charge in [-0.2, -0.15) is 0 Å². The highest BCUT2D eigenvalue weighted by molar-refractivity contribution is 5.95. The Morgan fingerprint density at radius 1 is 0.821 bits per heavy atom. The minimum absolute atomic E-state index is 0.0358. The molecule has 3 aromatic carbocycles. The molecule has 1 atom stereocenters. The highest BCUT2D eigenvalue weighted by Gasteiger charge is 2.33. The Hall–Kier alpha value is -3.40. The SMILES string of the molecule is O=C1CN(Cc2ccccc2)C(=O)C(Cc2ccccc2-c2ccccc2)N1. The predicted octanol–water partition coefficient (Wildman–Crippen LogP) is 3.42. The molecule has 1 aliphatic heterocycles. The van der Waals surface area contributed by atoms with Crippen LogP contribution in [-0.4, -0.2) is 29.3 Å². The van der Waals surface area contributed by atoms with Crippen molar-refractivity contribution in [3.8, 4) is 11.1 Å². The highest BCUT2D eigenvalue weighted by Crippen LogP contribution is 2.25. The van der Waals surface area contributed by atoms with E-state index < -0.39 is 6.04 Å². The summed E-state index contributed by atoms with van der Waals surface area (Å²) in [6, 6.07) is 27.4. The van der Waals surface area contributed by atoms with E-state index in [1.54, 1.807) is 4.90 Å². The molecule has 1 unspecified atom stereocenters. The monoisotopic (exact) mass is 370 g/mol. The third-order valence-electron chi connectivity index (χ3n) is 5.02. The van der Waals surface area contributed by atoms with E-state index in [2.05, 4.69) is 23.5 Å². The van der Waals surface area contributed by atoms with Gasteiger partial charge in [0.1, 0.15) is 6.04 Å². The van der Waals surface area contributed by atoms with Crippen LogP contribution in [0.1, 0.15) is 11.1 Å². The fourth-order valence-electron chi connectivity index (χ4n) is 3.67. The van der Waals surface area contributed by atoms with E-state index in [1.807, 2.05) is 66.7 Å². The third-order valence-corrected chi connectivity index (χ3v) is 5.02. The second-order valence-electron chi connectivity index (χ2n) is 7.03. The number of benzene rings is 3. The number of piperazine rings is 1. The molecule has 1 N–H and O–H groups in total. The molecule has 2 amide bonds. The van der Waals surface area contributed by atoms with E-state index in [9.17, 15) is 9.59 Å². The van der Waals surface area contributed by atoms with Crippen LogP contribution in [0, 0.1) is 0 Å². The molecule has 1 saturated heterocycles. The second-order valence-corrected chi connectivity index (χ2v) is 7.03. The van der Waals surface area contributed by atoms with Gasteiger partial charge in [-0.3, -0.25) is 9.59 Å². The van der Waals surface area contributed by atoms with Crippen LogP contribution in [0.25, 0.3) is 11.1 Å². The zero-order valence-corrected chi connectivity index (χ0v) is 15.5. The number of hydrogen-bond acceptors (Lipinski definition) is 2. The topological polar surface area (TPSA) is 49.4 Å². The lowest BCUT2D eigenvalue weighted by Crippen LogP contribution is -2.58. The van der Waals surface area contributed by atoms with Crippen molar-refractivity contribution in [1.82, 2.24) is 10.2 Å². The van der Waals surface area contributed by atoms with Gasteiger partial charge in [-0.05, 0) is 22.3 Å². The summed E-state index contributed by atoms with van der Waals surface area (Å²) in [7, 11) is 0. The maximum absolute atomic E-state index is 13.0. The maximum atomic E-state index is 13.0. The van der Waals surface area contributed by atoms with Gasteiger partial charge < -0.3 is 10.2 Å². The van der Waals surface area contributed by atoms with Crippen LogP contribution in [-0.2, 0) is 22.6 Å². The second kappa shape index (κ2) is 8.09. The third kappa shape index (κ3) is 3.96. The molecule has 0 bridgehead atoms. The fourth-order valence-corrected chi connectivity index (χ4v) is 3.67. The summed E-state index contributed by atoms with van der Waals surface area (Å²) < 4.78 is 0. The first-order valence-electron chi connectivity index (χ1n) is 9.46. The molecular formula is C24H22N2O2. The van der Waals surface area contributed by atoms with E-state index in [0.29, 0.717) is 13.0 Å². The molecule has 1 heterocycles. The van der Waals surface area contributed by atoms with Crippen molar-refractivity contribution >= 4 is 11.8 Å². The zero-order valence-electron chi connectivity index (χ0n) is 15.5. The minimum Gasteiger partial charge on any atom is -0.342 e. The molecule has 3 aromatic rings. The molecule has 1 fully saturated rings. The van der Waals surface area contributed by atoms with E-state index >= 15 is 0 Å². The molecular weight excluding hydrogens is 348 g/mol. The Bertz CT molecular complexity index is 970. The van der Waals surface area contributed by atoms with E-state index in [4.69, 9.17) is 0 Å². The molecule has 0 aromatic heterocycles. The Morgan fingerprint density at radius 3 is 2.21 bits per heavy atom. The van der Waals surface area contributed by atoms with Gasteiger partial charge in [-0.15, -0.1) is 0 Å². The average Bonchev–Trinajstić information content (AvgIpc) is 2.73. The molecule has 4 heteroatoms. The molecule has 140 valence electrons. The minimum atomic E-state index is -0.546. The summed E-state index contributed by atoms with van der Waals surface area (Å²) in [4.78, 5) is 26.9. The molecule has 0 radical (unpaired) electrons. The number of nitrogens with one attached hydrogen (secondary N) is 1. The van der Waals surface area contributed by atoms with Gasteiger partial charge in [0.2, 0.25) is 11.8 Å². The van der Waals surface area contributed by atoms with Gasteiger partial charge in [-0.25, -0.2) is 0 Å². The van der Waals surface area contributed by atoms with Crippen LogP contribution in [0.5, 0.6) is 0 Å². The van der Waals surface area contributed by atoms with Crippen molar-refractivity contribution in [2.45, 2.75) is 19.0 Å². The van der Waals surface area contributed by atoms with Crippen molar-refractivity contribution in [3.63, 3.8) is 0 Å². The van der Waals surface area contributed by atoms with Crippen molar-refractivity contribution in [2.24, 2.45) is 0 Å². The summed E-state index contributed by atoms with van der Waals surface area (Å²) in [6.07, 6.45) is 0.473. The van der Waals surface area contributed by atoms with Gasteiger partial charge in [-0.1, -0.05) is 84.9 Å². The Kier molecular flexibility index (Phi) is 5.20. The molecule has 4 nitrogen and oxygen atoms in total. The van der Waals surface area contributed by atoms with Gasteiger partial charge in [0.05, 0.1) is 6.54 Å². The largest absolute Gasteiger partial charge is 0.342 e. The Labute approximate surface area is 164 Å². The summed E-state index contributed by atoms with van der Waals surface area (Å²) in [5.74, 6) is -0.149. The number of rotatable bonds is 5. The van der Waals surface area contributed by atoms with Crippen molar-refractivity contribution in [1.29, 1.82) is 0 Å². The molecule has 4 rings (SSSR count). The first-order valence-corrected chi connectivity index (χ1v) is 9.46. The average molecular weight is 370 g/mol. The van der Waals surface area contributed by atoms with Crippen LogP contribution >= 0.6 is 0 Å². The molecule has 0 aliphatic carbocycles. The van der Waals surface area contributed by atoms with Crippen LogP contribution < -0.4 is 5.32 Å². The molecule has 0 saturated carbocycles. The van der Waals surface area contributed by atoms with Crippen LogP contribution in [0.2, 0.25) is 0 Å². The normalized spacial score (nSPS) is 16.7. The summed E-state index contributed by atoms with van der Waals surface area (Å²) >= 11 is 0. The number of nitrogens with zero attached hydrogens (tertiary/aromatic N) is 1. The number of carbonyl (C=O) groups excluding carboxylic acids is 2. The van der Waals surface area contributed by atoms with E-state index in [1.165, 1.54) is 0 Å². The van der Waals surface area contributed by atoms with E-state index in [0.717, 1.165) is 22.3 Å². The van der Waals surface area contributed by atoms with E-state index in [-0.39, 0.29) is 18.4 Å². The Balaban J connectivity index is 1.56. The molecule has 28 heavy (non-hydrogen) atoms. The Morgan fingerprint density at radius 2 is 1.46 bits per heavy atom. The van der Waals surface area contributed by atoms with Crippen LogP contribution in [0.15, 0.2) is 84.9 Å². The summed E-state index contributed by atoms with van der Waals surface area (Å²) in [6.45, 7) is 0.550. The quantitative estimate of drug-likeness (QED) is 0.748. The lowest BCUT2D eigenvalue weighted by atomic mass is 9.94. The molecule has 0 spiro atoms.